The number of para-hydroxylation sites is 1. The number of fused-ring (bicyclic) bond motifs is 1. The monoisotopic (exact) mass is 627 g/mol. The number of aromatic nitrogens is 3. The molecule has 0 aliphatic carbocycles. The van der Waals surface area contributed by atoms with Gasteiger partial charge in [0.2, 0.25) is 5.88 Å². The lowest BCUT2D eigenvalue weighted by molar-refractivity contribution is -0.385. The van der Waals surface area contributed by atoms with E-state index in [9.17, 15) is 14.9 Å². The summed E-state index contributed by atoms with van der Waals surface area (Å²) in [5.74, 6) is 2.04. The molecule has 0 saturated heterocycles. The van der Waals surface area contributed by atoms with Gasteiger partial charge in [-0.25, -0.2) is 9.97 Å². The molecule has 0 bridgehead atoms. The van der Waals surface area contributed by atoms with Crippen LogP contribution in [0.15, 0.2) is 87.3 Å². The van der Waals surface area contributed by atoms with E-state index < -0.39 is 4.92 Å². The highest BCUT2D eigenvalue weighted by molar-refractivity contribution is 9.10. The third-order valence-corrected chi connectivity index (χ3v) is 7.24. The number of hydrogen-bond donors (Lipinski definition) is 0. The molecule has 10 nitrogen and oxygen atoms in total. The van der Waals surface area contributed by atoms with Crippen molar-refractivity contribution in [2.45, 2.75) is 26.7 Å². The van der Waals surface area contributed by atoms with E-state index in [0.29, 0.717) is 32.5 Å². The molecule has 0 N–H and O–H groups in total. The lowest BCUT2D eigenvalue weighted by Gasteiger charge is -2.17. The predicted molar refractivity (Wildman–Crippen MR) is 165 cm³/mol. The van der Waals surface area contributed by atoms with Gasteiger partial charge < -0.3 is 9.47 Å². The Hall–Kier alpha value is -4.90. The Bertz CT molecular complexity index is 1900. The first-order valence-corrected chi connectivity index (χ1v) is 13.8. The van der Waals surface area contributed by atoms with Crippen LogP contribution in [0, 0.1) is 17.0 Å². The SMILES string of the molecule is COc1cc(C)c(-c2nc3ccccc3c(=O)n2N=Cc2ccc(Oc3ccc([N+](=O)[O-])cn3)c(Br)c2)cc1C(C)C. The van der Waals surface area contributed by atoms with Gasteiger partial charge in [0.1, 0.15) is 17.7 Å². The first kappa shape index (κ1) is 28.6. The highest BCUT2D eigenvalue weighted by Gasteiger charge is 2.18. The second kappa shape index (κ2) is 11.9. The predicted octanol–water partition coefficient (Wildman–Crippen LogP) is 7.24. The van der Waals surface area contributed by atoms with E-state index in [1.165, 1.54) is 16.8 Å². The molecule has 0 radical (unpaired) electrons. The summed E-state index contributed by atoms with van der Waals surface area (Å²) in [5, 5.41) is 15.9. The highest BCUT2D eigenvalue weighted by atomic mass is 79.9. The van der Waals surface area contributed by atoms with Crippen molar-refractivity contribution >= 4 is 38.7 Å². The van der Waals surface area contributed by atoms with Crippen LogP contribution in [0.5, 0.6) is 17.4 Å². The van der Waals surface area contributed by atoms with Gasteiger partial charge in [-0.05, 0) is 87.9 Å². The minimum atomic E-state index is -0.526. The third-order valence-electron chi connectivity index (χ3n) is 6.62. The van der Waals surface area contributed by atoms with Crippen molar-refractivity contribution in [3.05, 3.63) is 115 Å². The third kappa shape index (κ3) is 5.77. The smallest absolute Gasteiger partial charge is 0.287 e. The number of pyridine rings is 1. The van der Waals surface area contributed by atoms with Crippen LogP contribution >= 0.6 is 15.9 Å². The van der Waals surface area contributed by atoms with E-state index in [0.717, 1.165) is 28.6 Å². The molecule has 11 heteroatoms. The molecule has 0 aliphatic rings. The molecular weight excluding hydrogens is 602 g/mol. The Labute approximate surface area is 249 Å². The average molecular weight is 628 g/mol. The molecule has 3 aromatic carbocycles. The van der Waals surface area contributed by atoms with Crippen LogP contribution in [-0.4, -0.2) is 32.9 Å². The summed E-state index contributed by atoms with van der Waals surface area (Å²) in [6, 6.07) is 19.1. The zero-order chi connectivity index (χ0) is 30.0. The summed E-state index contributed by atoms with van der Waals surface area (Å²) in [5.41, 5.74) is 3.51. The number of nitro groups is 1. The zero-order valence-corrected chi connectivity index (χ0v) is 24.8. The van der Waals surface area contributed by atoms with Gasteiger partial charge in [0, 0.05) is 17.7 Å². The normalized spacial score (nSPS) is 11.4. The molecule has 0 unspecified atom stereocenters. The lowest BCUT2D eigenvalue weighted by atomic mass is 9.96. The van der Waals surface area contributed by atoms with Gasteiger partial charge in [-0.15, -0.1) is 0 Å². The Balaban J connectivity index is 1.55. The Morgan fingerprint density at radius 3 is 2.52 bits per heavy atom. The van der Waals surface area contributed by atoms with Crippen LogP contribution in [0.4, 0.5) is 5.69 Å². The topological polar surface area (TPSA) is 122 Å². The summed E-state index contributed by atoms with van der Waals surface area (Å²) in [7, 11) is 1.64. The van der Waals surface area contributed by atoms with Crippen LogP contribution in [0.3, 0.4) is 0 Å². The molecule has 2 heterocycles. The molecule has 0 aliphatic heterocycles. The van der Waals surface area contributed by atoms with Crippen molar-refractivity contribution < 1.29 is 14.4 Å². The van der Waals surface area contributed by atoms with E-state index in [4.69, 9.17) is 14.5 Å². The summed E-state index contributed by atoms with van der Waals surface area (Å²) in [4.78, 5) is 32.9. The number of nitrogens with zero attached hydrogens (tertiary/aromatic N) is 5. The number of rotatable bonds is 8. The molecular formula is C31H26BrN5O5. The largest absolute Gasteiger partial charge is 0.496 e. The molecule has 0 fully saturated rings. The van der Waals surface area contributed by atoms with Crippen LogP contribution in [0.25, 0.3) is 22.3 Å². The number of benzene rings is 3. The number of ether oxygens (including phenoxy) is 2. The second-order valence-corrected chi connectivity index (χ2v) is 10.6. The fourth-order valence-electron chi connectivity index (χ4n) is 4.43. The maximum absolute atomic E-state index is 13.7. The van der Waals surface area contributed by atoms with Gasteiger partial charge in [-0.2, -0.15) is 9.78 Å². The Kier molecular flexibility index (Phi) is 8.12. The molecule has 42 heavy (non-hydrogen) atoms. The highest BCUT2D eigenvalue weighted by Crippen LogP contribution is 2.34. The fourth-order valence-corrected chi connectivity index (χ4v) is 4.91. The Morgan fingerprint density at radius 1 is 1.07 bits per heavy atom. The van der Waals surface area contributed by atoms with E-state index in [1.807, 2.05) is 31.2 Å². The van der Waals surface area contributed by atoms with Gasteiger partial charge in [0.05, 0.1) is 33.6 Å². The number of halogens is 1. The van der Waals surface area contributed by atoms with Crippen molar-refractivity contribution in [2.75, 3.05) is 7.11 Å². The van der Waals surface area contributed by atoms with Crippen molar-refractivity contribution in [3.63, 3.8) is 0 Å². The standard InChI is InChI=1S/C31H26BrN5O5/c1-18(2)23-15-24(19(3)13-28(23)41-4)30-35-26-8-6-5-7-22(26)31(38)36(30)34-16-20-9-11-27(25(32)14-20)42-29-12-10-21(17-33-29)37(39)40/h5-18H,1-4H3. The molecule has 212 valence electrons. The van der Waals surface area contributed by atoms with Crippen LogP contribution < -0.4 is 15.0 Å². The summed E-state index contributed by atoms with van der Waals surface area (Å²) in [6.45, 7) is 6.12. The van der Waals surface area contributed by atoms with Crippen molar-refractivity contribution in [1.82, 2.24) is 14.6 Å². The minimum absolute atomic E-state index is 0.129. The number of aryl methyl sites for hydroxylation is 1. The van der Waals surface area contributed by atoms with Gasteiger partial charge in [-0.3, -0.25) is 14.9 Å². The molecule has 0 atom stereocenters. The number of methoxy groups -OCH3 is 1. The van der Waals surface area contributed by atoms with E-state index in [-0.39, 0.29) is 23.0 Å². The van der Waals surface area contributed by atoms with Crippen molar-refractivity contribution in [1.29, 1.82) is 0 Å². The second-order valence-electron chi connectivity index (χ2n) is 9.78. The zero-order valence-electron chi connectivity index (χ0n) is 23.2. The van der Waals surface area contributed by atoms with Crippen LogP contribution in [-0.2, 0) is 0 Å². The summed E-state index contributed by atoms with van der Waals surface area (Å²) >= 11 is 3.50. The van der Waals surface area contributed by atoms with E-state index >= 15 is 0 Å². The van der Waals surface area contributed by atoms with E-state index in [2.05, 4.69) is 39.9 Å². The molecule has 0 amide bonds. The average Bonchev–Trinajstić information content (AvgIpc) is 2.98. The first-order chi connectivity index (χ1) is 20.2. The van der Waals surface area contributed by atoms with Crippen molar-refractivity contribution in [2.24, 2.45) is 5.10 Å². The fraction of sp³-hybridized carbons (Fsp3) is 0.161. The molecule has 0 spiro atoms. The van der Waals surface area contributed by atoms with E-state index in [1.54, 1.807) is 43.7 Å². The van der Waals surface area contributed by atoms with Gasteiger partial charge in [0.25, 0.3) is 11.2 Å². The molecule has 0 saturated carbocycles. The van der Waals surface area contributed by atoms with Crippen LogP contribution in [0.1, 0.15) is 36.5 Å². The van der Waals surface area contributed by atoms with Crippen LogP contribution in [0.2, 0.25) is 0 Å². The summed E-state index contributed by atoms with van der Waals surface area (Å²) in [6.07, 6.45) is 2.70. The van der Waals surface area contributed by atoms with Gasteiger partial charge in [-0.1, -0.05) is 26.0 Å². The first-order valence-electron chi connectivity index (χ1n) is 13.0. The minimum Gasteiger partial charge on any atom is -0.496 e. The quantitative estimate of drug-likeness (QED) is 0.101. The summed E-state index contributed by atoms with van der Waals surface area (Å²) < 4.78 is 13.3. The molecule has 2 aromatic heterocycles. The van der Waals surface area contributed by atoms with Gasteiger partial charge >= 0.3 is 0 Å². The maximum atomic E-state index is 13.7. The van der Waals surface area contributed by atoms with Crippen molar-refractivity contribution in [3.8, 4) is 28.8 Å². The Morgan fingerprint density at radius 2 is 1.86 bits per heavy atom. The van der Waals surface area contributed by atoms with Gasteiger partial charge in [0.15, 0.2) is 5.82 Å². The maximum Gasteiger partial charge on any atom is 0.287 e. The lowest BCUT2D eigenvalue weighted by Crippen LogP contribution is -2.20. The molecule has 5 rings (SSSR count). The number of hydrogen-bond acceptors (Lipinski definition) is 8. The molecule has 5 aromatic rings.